The van der Waals surface area contributed by atoms with Gasteiger partial charge in [-0.05, 0) is 148 Å². The van der Waals surface area contributed by atoms with E-state index in [1.54, 1.807) is 0 Å². The van der Waals surface area contributed by atoms with Crippen LogP contribution in [-0.2, 0) is 10.8 Å². The van der Waals surface area contributed by atoms with Gasteiger partial charge in [0.05, 0.1) is 5.41 Å². The third-order valence-electron chi connectivity index (χ3n) is 15.1. The van der Waals surface area contributed by atoms with Gasteiger partial charge in [-0.15, -0.1) is 0 Å². The van der Waals surface area contributed by atoms with Crippen molar-refractivity contribution in [3.8, 4) is 33.4 Å². The van der Waals surface area contributed by atoms with Gasteiger partial charge in [0.2, 0.25) is 0 Å². The average molecular weight is 812 g/mol. The van der Waals surface area contributed by atoms with Crippen molar-refractivity contribution in [1.82, 2.24) is 0 Å². The van der Waals surface area contributed by atoms with Crippen LogP contribution in [0.4, 0.5) is 17.1 Å². The van der Waals surface area contributed by atoms with E-state index in [4.69, 9.17) is 0 Å². The first-order valence-corrected chi connectivity index (χ1v) is 22.5. The molecule has 1 unspecified atom stereocenters. The van der Waals surface area contributed by atoms with Gasteiger partial charge in [0, 0.05) is 22.5 Å². The van der Waals surface area contributed by atoms with Crippen LogP contribution in [0.2, 0.25) is 0 Å². The Morgan fingerprint density at radius 2 is 0.656 bits per heavy atom. The smallest absolute Gasteiger partial charge is 0.0725 e. The Balaban J connectivity index is 1.04. The molecule has 11 aromatic carbocycles. The highest BCUT2D eigenvalue weighted by Gasteiger charge is 2.51. The van der Waals surface area contributed by atoms with Crippen molar-refractivity contribution in [1.29, 1.82) is 0 Å². The van der Waals surface area contributed by atoms with Gasteiger partial charge in [-0.2, -0.15) is 0 Å². The first-order chi connectivity index (χ1) is 31.6. The second-order valence-electron chi connectivity index (χ2n) is 18.0. The van der Waals surface area contributed by atoms with Crippen LogP contribution in [0.25, 0.3) is 65.7 Å². The standard InChI is InChI=1S/C63H41N/c1-62(40-17-3-2-4-18-40)56-27-13-9-23-49(56)53-35-32-43(39-61(53)62)64(41-31-34-48-46-21-6-5-19-44(46)45-20-7-8-22-47(45)54(48)37-41)42-33-36-60-55(38-42)52-26-12-16-30-59(52)63(60)57-28-14-10-24-50(57)51-25-11-15-29-58(51)63/h2-39H,1H3. The highest BCUT2D eigenvalue weighted by molar-refractivity contribution is 6.25. The molecule has 1 spiro atoms. The van der Waals surface area contributed by atoms with E-state index in [2.05, 4.69) is 242 Å². The molecular weight excluding hydrogens is 771 g/mol. The van der Waals surface area contributed by atoms with E-state index in [9.17, 15) is 0 Å². The molecule has 1 heteroatoms. The Morgan fingerprint density at radius 3 is 1.27 bits per heavy atom. The van der Waals surface area contributed by atoms with E-state index in [1.165, 1.54) is 105 Å². The van der Waals surface area contributed by atoms with Crippen LogP contribution in [0.5, 0.6) is 0 Å². The monoisotopic (exact) mass is 811 g/mol. The third-order valence-corrected chi connectivity index (χ3v) is 15.1. The zero-order valence-corrected chi connectivity index (χ0v) is 35.4. The van der Waals surface area contributed by atoms with Crippen LogP contribution < -0.4 is 4.90 Å². The van der Waals surface area contributed by atoms with E-state index in [-0.39, 0.29) is 5.41 Å². The van der Waals surface area contributed by atoms with Gasteiger partial charge in [-0.1, -0.05) is 194 Å². The predicted octanol–water partition coefficient (Wildman–Crippen LogP) is 16.3. The van der Waals surface area contributed by atoms with Crippen molar-refractivity contribution in [2.75, 3.05) is 4.90 Å². The summed E-state index contributed by atoms with van der Waals surface area (Å²) in [6, 6.07) is 86.7. The minimum absolute atomic E-state index is 0.333. The van der Waals surface area contributed by atoms with Gasteiger partial charge < -0.3 is 4.90 Å². The van der Waals surface area contributed by atoms with Crippen LogP contribution in [-0.4, -0.2) is 0 Å². The van der Waals surface area contributed by atoms with E-state index >= 15 is 0 Å². The molecule has 0 fully saturated rings. The first kappa shape index (κ1) is 35.6. The van der Waals surface area contributed by atoms with Crippen molar-refractivity contribution < 1.29 is 0 Å². The molecule has 0 amide bonds. The molecular formula is C63H41N. The number of benzene rings is 11. The molecule has 14 rings (SSSR count). The van der Waals surface area contributed by atoms with E-state index in [1.807, 2.05) is 0 Å². The van der Waals surface area contributed by atoms with Crippen molar-refractivity contribution in [3.63, 3.8) is 0 Å². The molecule has 0 aromatic heterocycles. The quantitative estimate of drug-likeness (QED) is 0.160. The molecule has 0 heterocycles. The van der Waals surface area contributed by atoms with Crippen molar-refractivity contribution >= 4 is 49.4 Å². The van der Waals surface area contributed by atoms with Gasteiger partial charge >= 0.3 is 0 Å². The Morgan fingerprint density at radius 1 is 0.266 bits per heavy atom. The molecule has 0 bridgehead atoms. The van der Waals surface area contributed by atoms with Crippen molar-refractivity contribution in [3.05, 3.63) is 269 Å². The van der Waals surface area contributed by atoms with Gasteiger partial charge in [0.1, 0.15) is 0 Å². The molecule has 64 heavy (non-hydrogen) atoms. The summed E-state index contributed by atoms with van der Waals surface area (Å²) in [6.07, 6.45) is 0. The fourth-order valence-corrected chi connectivity index (χ4v) is 12.4. The summed E-state index contributed by atoms with van der Waals surface area (Å²) in [7, 11) is 0. The summed E-state index contributed by atoms with van der Waals surface area (Å²) in [5, 5.41) is 7.63. The summed E-state index contributed by atoms with van der Waals surface area (Å²) in [5.41, 5.74) is 19.9. The summed E-state index contributed by atoms with van der Waals surface area (Å²) in [5.74, 6) is 0. The lowest BCUT2D eigenvalue weighted by Gasteiger charge is -2.32. The molecule has 3 aliphatic carbocycles. The van der Waals surface area contributed by atoms with Crippen LogP contribution >= 0.6 is 0 Å². The summed E-state index contributed by atoms with van der Waals surface area (Å²) in [6.45, 7) is 2.41. The number of rotatable bonds is 4. The lowest BCUT2D eigenvalue weighted by molar-refractivity contribution is 0.714. The number of anilines is 3. The summed E-state index contributed by atoms with van der Waals surface area (Å²) >= 11 is 0. The zero-order valence-electron chi connectivity index (χ0n) is 35.4. The Hall–Kier alpha value is -8.00. The fourth-order valence-electron chi connectivity index (χ4n) is 12.4. The van der Waals surface area contributed by atoms with Crippen LogP contribution in [0.1, 0.15) is 45.9 Å². The molecule has 11 aromatic rings. The van der Waals surface area contributed by atoms with Gasteiger partial charge in [-0.25, -0.2) is 0 Å². The maximum atomic E-state index is 2.52. The Kier molecular flexibility index (Phi) is 7.24. The van der Waals surface area contributed by atoms with E-state index < -0.39 is 5.41 Å². The molecule has 0 radical (unpaired) electrons. The molecule has 1 atom stereocenters. The third kappa shape index (κ3) is 4.53. The van der Waals surface area contributed by atoms with Crippen LogP contribution in [0.3, 0.4) is 0 Å². The Labute approximate surface area is 373 Å². The second kappa shape index (κ2) is 13.0. The highest BCUT2D eigenvalue weighted by Crippen LogP contribution is 2.63. The minimum Gasteiger partial charge on any atom is -0.310 e. The van der Waals surface area contributed by atoms with Crippen molar-refractivity contribution in [2.45, 2.75) is 17.8 Å². The molecule has 3 aliphatic rings. The number of hydrogen-bond donors (Lipinski definition) is 0. The van der Waals surface area contributed by atoms with Crippen LogP contribution in [0.15, 0.2) is 231 Å². The summed E-state index contributed by atoms with van der Waals surface area (Å²) < 4.78 is 0. The van der Waals surface area contributed by atoms with Crippen LogP contribution in [0, 0.1) is 0 Å². The molecule has 0 saturated carbocycles. The Bertz CT molecular complexity index is 3680. The number of nitrogens with zero attached hydrogens (tertiary/aromatic N) is 1. The lowest BCUT2D eigenvalue weighted by Crippen LogP contribution is -2.25. The maximum absolute atomic E-state index is 2.52. The maximum Gasteiger partial charge on any atom is 0.0725 e. The van der Waals surface area contributed by atoms with Crippen molar-refractivity contribution in [2.24, 2.45) is 0 Å². The number of fused-ring (bicyclic) bond motifs is 19. The largest absolute Gasteiger partial charge is 0.310 e. The SMILES string of the molecule is CC1(c2ccccc2)c2ccccc2-c2ccc(N(c3ccc4c(c3)-c3ccccc3C43c4ccccc4-c4ccccc43)c3ccc4c5ccccc5c5ccccc5c4c3)cc21. The van der Waals surface area contributed by atoms with E-state index in [0.717, 1.165) is 17.1 Å². The van der Waals surface area contributed by atoms with Gasteiger partial charge in [0.15, 0.2) is 0 Å². The van der Waals surface area contributed by atoms with E-state index in [0.29, 0.717) is 0 Å². The topological polar surface area (TPSA) is 3.24 Å². The lowest BCUT2D eigenvalue weighted by atomic mass is 9.70. The normalized spacial score (nSPS) is 15.8. The average Bonchev–Trinajstić information content (AvgIpc) is 3.94. The first-order valence-electron chi connectivity index (χ1n) is 22.5. The van der Waals surface area contributed by atoms with Gasteiger partial charge in [-0.3, -0.25) is 0 Å². The highest BCUT2D eigenvalue weighted by atomic mass is 15.1. The molecule has 298 valence electrons. The molecule has 0 aliphatic heterocycles. The van der Waals surface area contributed by atoms with Gasteiger partial charge in [0.25, 0.3) is 0 Å². The second-order valence-corrected chi connectivity index (χ2v) is 18.0. The molecule has 1 nitrogen and oxygen atoms in total. The zero-order chi connectivity index (χ0) is 42.1. The fraction of sp³-hybridized carbons (Fsp3) is 0.0476. The number of hydrogen-bond acceptors (Lipinski definition) is 1. The summed E-state index contributed by atoms with van der Waals surface area (Å²) in [4.78, 5) is 2.52. The minimum atomic E-state index is -0.401. The predicted molar refractivity (Wildman–Crippen MR) is 267 cm³/mol. The molecule has 0 saturated heterocycles. The molecule has 0 N–H and O–H groups in total.